The van der Waals surface area contributed by atoms with E-state index in [1.54, 1.807) is 23.1 Å². The largest absolute Gasteiger partial charge is 0.349 e. The minimum Gasteiger partial charge on any atom is -0.349 e. The van der Waals surface area contributed by atoms with Gasteiger partial charge in [-0.1, -0.05) is 48.0 Å². The Morgan fingerprint density at radius 1 is 1.19 bits per heavy atom. The average molecular weight is 414 g/mol. The van der Waals surface area contributed by atoms with Gasteiger partial charge in [0.25, 0.3) is 5.91 Å². The maximum Gasteiger partial charge on any atom is 0.261 e. The lowest BCUT2D eigenvalue weighted by molar-refractivity contribution is 0.0942. The van der Waals surface area contributed by atoms with E-state index >= 15 is 0 Å². The molecule has 1 atom stereocenters. The molecule has 1 amide bonds. The summed E-state index contributed by atoms with van der Waals surface area (Å²) in [5.74, 6) is 0.909. The molecule has 4 rings (SSSR count). The molecule has 1 N–H and O–H groups in total. The number of thioether (sulfide) groups is 1. The molecule has 1 aliphatic heterocycles. The molecule has 0 saturated heterocycles. The minimum atomic E-state index is 0.0236. The molecule has 2 aromatic carbocycles. The fourth-order valence-electron chi connectivity index (χ4n) is 3.23. The number of thiophene rings is 1. The number of amides is 1. The molecule has 0 spiro atoms. The van der Waals surface area contributed by atoms with Gasteiger partial charge in [0, 0.05) is 32.2 Å². The molecule has 1 aromatic heterocycles. The molecule has 2 heterocycles. The molecule has 5 heteroatoms. The summed E-state index contributed by atoms with van der Waals surface area (Å²) in [5, 5.41) is 3.91. The quantitative estimate of drug-likeness (QED) is 0.522. The van der Waals surface area contributed by atoms with Gasteiger partial charge in [0.15, 0.2) is 0 Å². The van der Waals surface area contributed by atoms with Crippen LogP contribution in [0.5, 0.6) is 0 Å². The smallest absolute Gasteiger partial charge is 0.261 e. The maximum atomic E-state index is 12.7. The Bertz CT molecular complexity index is 968. The third-order valence-corrected chi connectivity index (χ3v) is 7.24. The first-order valence-corrected chi connectivity index (χ1v) is 11.2. The second-order valence-electron chi connectivity index (χ2n) is 6.79. The fraction of sp³-hybridized carbons (Fsp3) is 0.227. The monoisotopic (exact) mass is 413 g/mol. The summed E-state index contributed by atoms with van der Waals surface area (Å²) in [6.45, 7) is 2.07. The second kappa shape index (κ2) is 8.09. The summed E-state index contributed by atoms with van der Waals surface area (Å²) >= 11 is 9.48. The van der Waals surface area contributed by atoms with Crippen LogP contribution in [0.1, 0.15) is 34.1 Å². The zero-order valence-electron chi connectivity index (χ0n) is 15.0. The number of carbonyl (C=O) groups is 1. The van der Waals surface area contributed by atoms with E-state index in [1.165, 1.54) is 26.5 Å². The van der Waals surface area contributed by atoms with Crippen LogP contribution < -0.4 is 5.32 Å². The van der Waals surface area contributed by atoms with Gasteiger partial charge >= 0.3 is 0 Å². The highest BCUT2D eigenvalue weighted by Gasteiger charge is 2.22. The molecule has 0 saturated carbocycles. The highest BCUT2D eigenvalue weighted by atomic mass is 35.5. The van der Waals surface area contributed by atoms with Crippen LogP contribution in [0.2, 0.25) is 5.02 Å². The zero-order valence-corrected chi connectivity index (χ0v) is 17.4. The van der Waals surface area contributed by atoms with Crippen molar-refractivity contribution in [3.8, 4) is 10.4 Å². The van der Waals surface area contributed by atoms with E-state index in [2.05, 4.69) is 42.6 Å². The van der Waals surface area contributed by atoms with E-state index in [4.69, 9.17) is 11.6 Å². The summed E-state index contributed by atoms with van der Waals surface area (Å²) in [6.07, 6.45) is 1.89. The Hall–Kier alpha value is -1.75. The van der Waals surface area contributed by atoms with E-state index < -0.39 is 0 Å². The number of benzene rings is 2. The summed E-state index contributed by atoms with van der Waals surface area (Å²) in [7, 11) is 0. The molecular weight excluding hydrogens is 394 g/mol. The van der Waals surface area contributed by atoms with Crippen LogP contribution in [0.4, 0.5) is 0 Å². The number of hydrogen-bond donors (Lipinski definition) is 1. The average Bonchev–Trinajstić information content (AvgIpc) is 3.12. The van der Waals surface area contributed by atoms with Crippen LogP contribution in [-0.2, 0) is 12.2 Å². The van der Waals surface area contributed by atoms with Gasteiger partial charge in [0.05, 0.1) is 4.88 Å². The van der Waals surface area contributed by atoms with Gasteiger partial charge in [0.2, 0.25) is 0 Å². The molecule has 2 nitrogen and oxygen atoms in total. The van der Waals surface area contributed by atoms with Crippen molar-refractivity contribution in [2.45, 2.75) is 36.5 Å². The van der Waals surface area contributed by atoms with Crippen LogP contribution >= 0.6 is 34.7 Å². The van der Waals surface area contributed by atoms with Crippen molar-refractivity contribution < 1.29 is 4.79 Å². The van der Waals surface area contributed by atoms with Gasteiger partial charge in [-0.05, 0) is 49.1 Å². The van der Waals surface area contributed by atoms with Crippen molar-refractivity contribution in [3.05, 3.63) is 75.6 Å². The summed E-state index contributed by atoms with van der Waals surface area (Å²) in [5.41, 5.74) is 3.73. The Morgan fingerprint density at radius 2 is 2.00 bits per heavy atom. The van der Waals surface area contributed by atoms with E-state index in [1.807, 2.05) is 24.3 Å². The molecule has 0 unspecified atom stereocenters. The van der Waals surface area contributed by atoms with E-state index in [0.717, 1.165) is 28.5 Å². The number of rotatable bonds is 5. The molecule has 0 radical (unpaired) electrons. The van der Waals surface area contributed by atoms with E-state index in [9.17, 15) is 4.79 Å². The third-order valence-electron chi connectivity index (χ3n) is 4.69. The van der Waals surface area contributed by atoms with Gasteiger partial charge in [0.1, 0.15) is 0 Å². The highest BCUT2D eigenvalue weighted by molar-refractivity contribution is 7.98. The molecule has 27 heavy (non-hydrogen) atoms. The molecule has 1 aliphatic rings. The van der Waals surface area contributed by atoms with Crippen molar-refractivity contribution in [3.63, 3.8) is 0 Å². The van der Waals surface area contributed by atoms with Gasteiger partial charge < -0.3 is 5.32 Å². The first-order chi connectivity index (χ1) is 13.1. The lowest BCUT2D eigenvalue weighted by Crippen LogP contribution is -2.32. The Morgan fingerprint density at radius 3 is 2.81 bits per heavy atom. The third kappa shape index (κ3) is 4.23. The van der Waals surface area contributed by atoms with Gasteiger partial charge in [-0.25, -0.2) is 0 Å². The molecule has 138 valence electrons. The number of aryl methyl sites for hydroxylation is 1. The van der Waals surface area contributed by atoms with Crippen LogP contribution in [0.15, 0.2) is 59.5 Å². The first-order valence-electron chi connectivity index (χ1n) is 9.00. The Kier molecular flexibility index (Phi) is 5.58. The van der Waals surface area contributed by atoms with Crippen LogP contribution in [-0.4, -0.2) is 11.9 Å². The number of carbonyl (C=O) groups excluding carboxylic acids is 1. The first kappa shape index (κ1) is 18.6. The van der Waals surface area contributed by atoms with E-state index in [0.29, 0.717) is 0 Å². The number of fused-ring (bicyclic) bond motifs is 3. The predicted molar refractivity (Wildman–Crippen MR) is 116 cm³/mol. The number of nitrogens with one attached hydrogen (secondary N) is 1. The maximum absolute atomic E-state index is 12.7. The topological polar surface area (TPSA) is 29.1 Å². The zero-order chi connectivity index (χ0) is 18.8. The minimum absolute atomic E-state index is 0.0236. The summed E-state index contributed by atoms with van der Waals surface area (Å²) in [6, 6.07) is 18.6. The molecule has 3 aromatic rings. The summed E-state index contributed by atoms with van der Waals surface area (Å²) in [4.78, 5) is 15.9. The van der Waals surface area contributed by atoms with Crippen molar-refractivity contribution in [2.75, 3.05) is 0 Å². The SMILES string of the molecule is C[C@@H](CCc1ccccc1)NC(=O)c1cc2c(s1)-c1ccc(Cl)cc1SC2. The van der Waals surface area contributed by atoms with Gasteiger partial charge in [-0.15, -0.1) is 23.1 Å². The molecule has 0 bridgehead atoms. The molecular formula is C22H20ClNOS2. The normalized spacial score (nSPS) is 13.6. The van der Waals surface area contributed by atoms with Gasteiger partial charge in [-0.2, -0.15) is 0 Å². The summed E-state index contributed by atoms with van der Waals surface area (Å²) < 4.78 is 0. The lowest BCUT2D eigenvalue weighted by Gasteiger charge is -2.15. The fourth-order valence-corrected chi connectivity index (χ4v) is 5.82. The van der Waals surface area contributed by atoms with E-state index in [-0.39, 0.29) is 11.9 Å². The number of hydrogen-bond acceptors (Lipinski definition) is 3. The van der Waals surface area contributed by atoms with Crippen molar-refractivity contribution >= 4 is 40.6 Å². The Labute approximate surface area is 173 Å². The van der Waals surface area contributed by atoms with Crippen molar-refractivity contribution in [1.29, 1.82) is 0 Å². The molecule has 0 aliphatic carbocycles. The lowest BCUT2D eigenvalue weighted by atomic mass is 10.1. The van der Waals surface area contributed by atoms with Crippen molar-refractivity contribution in [2.24, 2.45) is 0 Å². The standard InChI is InChI=1S/C22H20ClNOS2/c1-14(7-8-15-5-3-2-4-6-15)24-22(25)20-11-16-13-26-19-12-17(23)9-10-18(19)21(16)27-20/h2-6,9-12,14H,7-8,13H2,1H3,(H,24,25)/t14-/m0/s1. The van der Waals surface area contributed by atoms with Gasteiger partial charge in [-0.3, -0.25) is 4.79 Å². The van der Waals surface area contributed by atoms with Crippen LogP contribution in [0, 0.1) is 0 Å². The van der Waals surface area contributed by atoms with Crippen molar-refractivity contribution in [1.82, 2.24) is 5.32 Å². The second-order valence-corrected chi connectivity index (χ2v) is 9.30. The number of halogens is 1. The Balaban J connectivity index is 1.44. The van der Waals surface area contributed by atoms with Crippen LogP contribution in [0.25, 0.3) is 10.4 Å². The highest BCUT2D eigenvalue weighted by Crippen LogP contribution is 2.46. The molecule has 0 fully saturated rings. The predicted octanol–water partition coefficient (Wildman–Crippen LogP) is 6.43. The van der Waals surface area contributed by atoms with Crippen LogP contribution in [0.3, 0.4) is 0 Å².